The summed E-state index contributed by atoms with van der Waals surface area (Å²) in [7, 11) is 6.14. The Labute approximate surface area is 209 Å². The lowest BCUT2D eigenvalue weighted by Crippen LogP contribution is -2.61. The van der Waals surface area contributed by atoms with Crippen LogP contribution in [0.15, 0.2) is 65.8 Å². The Morgan fingerprint density at radius 3 is 2.11 bits per heavy atom. The Morgan fingerprint density at radius 1 is 0.861 bits per heavy atom. The molecule has 3 atom stereocenters. The predicted octanol–water partition coefficient (Wildman–Crippen LogP) is 4.86. The second-order valence-corrected chi connectivity index (χ2v) is 8.03. The molecule has 1 N–H and O–H groups in total. The summed E-state index contributed by atoms with van der Waals surface area (Å²) in [4.78, 5) is 4.68. The van der Waals surface area contributed by atoms with Crippen molar-refractivity contribution in [3.63, 3.8) is 0 Å². The van der Waals surface area contributed by atoms with Crippen molar-refractivity contribution < 1.29 is 28.8 Å². The number of benzene rings is 3. The van der Waals surface area contributed by atoms with Crippen LogP contribution in [0.25, 0.3) is 10.4 Å². The van der Waals surface area contributed by atoms with Gasteiger partial charge >= 0.3 is 0 Å². The molecule has 0 saturated carbocycles. The van der Waals surface area contributed by atoms with Crippen molar-refractivity contribution >= 4 is 5.69 Å². The topological polar surface area (TPSA) is 118 Å². The SMILES string of the molecule is COc1ccc([C@H]2[C@H](N=[N+]=[N-])C(O)N2c2cc(OC)c(OC)c(OC)c2)cc1OCc1ccccc1. The molecule has 1 aliphatic rings. The number of aliphatic hydroxyl groups is 1. The molecule has 36 heavy (non-hydrogen) atoms. The molecule has 10 heteroatoms. The van der Waals surface area contributed by atoms with E-state index in [1.807, 2.05) is 42.5 Å². The number of hydrogen-bond donors (Lipinski definition) is 1. The minimum Gasteiger partial charge on any atom is -0.493 e. The Bertz CT molecular complexity index is 1220. The average molecular weight is 493 g/mol. The fourth-order valence-electron chi connectivity index (χ4n) is 4.35. The van der Waals surface area contributed by atoms with Crippen molar-refractivity contribution in [1.82, 2.24) is 0 Å². The van der Waals surface area contributed by atoms with Crippen LogP contribution in [-0.2, 0) is 6.61 Å². The van der Waals surface area contributed by atoms with Crippen molar-refractivity contribution in [3.8, 4) is 28.7 Å². The largest absolute Gasteiger partial charge is 0.493 e. The van der Waals surface area contributed by atoms with Gasteiger partial charge in [-0.15, -0.1) is 0 Å². The lowest BCUT2D eigenvalue weighted by molar-refractivity contribution is 0.0518. The van der Waals surface area contributed by atoms with Gasteiger partial charge in [-0.25, -0.2) is 0 Å². The van der Waals surface area contributed by atoms with E-state index in [1.54, 1.807) is 30.2 Å². The maximum Gasteiger partial charge on any atom is 0.203 e. The summed E-state index contributed by atoms with van der Waals surface area (Å²) in [5.41, 5.74) is 11.5. The fourth-order valence-corrected chi connectivity index (χ4v) is 4.35. The van der Waals surface area contributed by atoms with Gasteiger partial charge in [-0.05, 0) is 28.8 Å². The molecule has 0 aliphatic carbocycles. The van der Waals surface area contributed by atoms with Gasteiger partial charge in [-0.1, -0.05) is 41.5 Å². The second-order valence-electron chi connectivity index (χ2n) is 8.03. The molecule has 1 heterocycles. The van der Waals surface area contributed by atoms with Crippen LogP contribution in [0.3, 0.4) is 0 Å². The average Bonchev–Trinajstić information content (AvgIpc) is 2.92. The third kappa shape index (κ3) is 4.64. The summed E-state index contributed by atoms with van der Waals surface area (Å²) in [6.07, 6.45) is -1.07. The molecule has 0 amide bonds. The summed E-state index contributed by atoms with van der Waals surface area (Å²) in [6, 6.07) is 17.5. The first-order valence-electron chi connectivity index (χ1n) is 11.2. The Kier molecular flexibility index (Phi) is 7.58. The predicted molar refractivity (Wildman–Crippen MR) is 134 cm³/mol. The van der Waals surface area contributed by atoms with E-state index in [1.165, 1.54) is 21.3 Å². The van der Waals surface area contributed by atoms with Gasteiger partial charge in [0.15, 0.2) is 23.0 Å². The van der Waals surface area contributed by atoms with Crippen LogP contribution in [0, 0.1) is 0 Å². The van der Waals surface area contributed by atoms with Gasteiger partial charge in [0.25, 0.3) is 0 Å². The number of anilines is 1. The van der Waals surface area contributed by atoms with Crippen molar-refractivity contribution in [2.75, 3.05) is 33.3 Å². The molecule has 10 nitrogen and oxygen atoms in total. The van der Waals surface area contributed by atoms with Crippen LogP contribution in [0.1, 0.15) is 17.2 Å². The minimum atomic E-state index is -1.07. The highest BCUT2D eigenvalue weighted by molar-refractivity contribution is 5.66. The number of azide groups is 1. The van der Waals surface area contributed by atoms with Gasteiger partial charge in [-0.3, -0.25) is 0 Å². The van der Waals surface area contributed by atoms with E-state index in [0.29, 0.717) is 41.0 Å². The van der Waals surface area contributed by atoms with Gasteiger partial charge in [-0.2, -0.15) is 0 Å². The van der Waals surface area contributed by atoms with Crippen LogP contribution in [0.2, 0.25) is 0 Å². The highest BCUT2D eigenvalue weighted by Crippen LogP contribution is 2.49. The van der Waals surface area contributed by atoms with Crippen LogP contribution in [-0.4, -0.2) is 45.8 Å². The number of hydrogen-bond acceptors (Lipinski definition) is 8. The highest BCUT2D eigenvalue weighted by atomic mass is 16.5. The van der Waals surface area contributed by atoms with Gasteiger partial charge < -0.3 is 33.7 Å². The van der Waals surface area contributed by atoms with Crippen LogP contribution in [0.5, 0.6) is 28.7 Å². The third-order valence-corrected chi connectivity index (χ3v) is 6.11. The molecule has 1 aliphatic heterocycles. The molecule has 188 valence electrons. The third-order valence-electron chi connectivity index (χ3n) is 6.11. The lowest BCUT2D eigenvalue weighted by atomic mass is 9.87. The lowest BCUT2D eigenvalue weighted by Gasteiger charge is -2.52. The van der Waals surface area contributed by atoms with E-state index in [0.717, 1.165) is 11.1 Å². The Morgan fingerprint density at radius 2 is 1.53 bits per heavy atom. The monoisotopic (exact) mass is 492 g/mol. The summed E-state index contributed by atoms with van der Waals surface area (Å²) in [6.45, 7) is 0.352. The number of nitrogens with zero attached hydrogens (tertiary/aromatic N) is 4. The van der Waals surface area contributed by atoms with E-state index in [2.05, 4.69) is 10.0 Å². The number of ether oxygens (including phenoxy) is 5. The maximum atomic E-state index is 11.0. The molecule has 0 radical (unpaired) electrons. The van der Waals surface area contributed by atoms with Gasteiger partial charge in [0.2, 0.25) is 5.75 Å². The van der Waals surface area contributed by atoms with Crippen molar-refractivity contribution in [3.05, 3.63) is 82.2 Å². The van der Waals surface area contributed by atoms with E-state index in [9.17, 15) is 5.11 Å². The fraction of sp³-hybridized carbons (Fsp3) is 0.308. The van der Waals surface area contributed by atoms with E-state index < -0.39 is 18.3 Å². The summed E-state index contributed by atoms with van der Waals surface area (Å²) < 4.78 is 27.9. The van der Waals surface area contributed by atoms with E-state index in [4.69, 9.17) is 29.2 Å². The zero-order valence-electron chi connectivity index (χ0n) is 20.5. The summed E-state index contributed by atoms with van der Waals surface area (Å²) in [5, 5.41) is 14.8. The summed E-state index contributed by atoms with van der Waals surface area (Å²) >= 11 is 0. The van der Waals surface area contributed by atoms with E-state index >= 15 is 0 Å². The zero-order valence-corrected chi connectivity index (χ0v) is 20.5. The van der Waals surface area contributed by atoms with Crippen molar-refractivity contribution in [2.45, 2.75) is 24.9 Å². The Balaban J connectivity index is 1.73. The van der Waals surface area contributed by atoms with Crippen molar-refractivity contribution in [1.29, 1.82) is 0 Å². The molecular formula is C26H28N4O6. The quantitative estimate of drug-likeness (QED) is 0.244. The van der Waals surface area contributed by atoms with Gasteiger partial charge in [0.05, 0.1) is 34.5 Å². The molecule has 3 aromatic rings. The maximum absolute atomic E-state index is 11.0. The minimum absolute atomic E-state index is 0.352. The zero-order chi connectivity index (χ0) is 25.7. The number of methoxy groups -OCH3 is 4. The first-order chi connectivity index (χ1) is 17.6. The standard InChI is InChI=1S/C26H28N4O6/c1-32-19-11-10-17(12-20(19)36-15-16-8-6-5-7-9-16)24-23(28-29-27)26(31)30(24)18-13-21(33-2)25(35-4)22(14-18)34-3/h5-14,23-24,26,31H,15H2,1-4H3/t23-,24-,26?/m0/s1. The van der Waals surface area contributed by atoms with Gasteiger partial charge in [0, 0.05) is 22.7 Å². The van der Waals surface area contributed by atoms with E-state index in [-0.39, 0.29) is 0 Å². The molecule has 4 rings (SSSR count). The van der Waals surface area contributed by atoms with Crippen LogP contribution < -0.4 is 28.6 Å². The van der Waals surface area contributed by atoms with Gasteiger partial charge in [0.1, 0.15) is 18.9 Å². The molecule has 0 bridgehead atoms. The highest BCUT2D eigenvalue weighted by Gasteiger charge is 2.49. The molecule has 0 aromatic heterocycles. The number of aliphatic hydroxyl groups excluding tert-OH is 1. The van der Waals surface area contributed by atoms with Crippen LogP contribution >= 0.6 is 0 Å². The molecule has 1 fully saturated rings. The van der Waals surface area contributed by atoms with Crippen molar-refractivity contribution in [2.24, 2.45) is 5.11 Å². The smallest absolute Gasteiger partial charge is 0.203 e. The molecule has 0 spiro atoms. The molecule has 1 saturated heterocycles. The molecular weight excluding hydrogens is 464 g/mol. The first kappa shape index (κ1) is 24.8. The Hall–Kier alpha value is -4.27. The number of rotatable bonds is 10. The first-order valence-corrected chi connectivity index (χ1v) is 11.2. The second kappa shape index (κ2) is 11.0. The molecule has 3 aromatic carbocycles. The van der Waals surface area contributed by atoms with Crippen LogP contribution in [0.4, 0.5) is 5.69 Å². The normalized spacial score (nSPS) is 18.5. The summed E-state index contributed by atoms with van der Waals surface area (Å²) in [5.74, 6) is 2.40. The molecule has 1 unspecified atom stereocenters.